The summed E-state index contributed by atoms with van der Waals surface area (Å²) in [6, 6.07) is 20.0. The highest BCUT2D eigenvalue weighted by Gasteiger charge is 2.00. The zero-order valence-electron chi connectivity index (χ0n) is 12.3. The lowest BCUT2D eigenvalue weighted by molar-refractivity contribution is 0.693. The Hall–Kier alpha value is -2.26. The number of hydrogen-bond donors (Lipinski definition) is 0. The highest BCUT2D eigenvalue weighted by atomic mass is 14.0. The second-order valence-electron chi connectivity index (χ2n) is 5.65. The van der Waals surface area contributed by atoms with E-state index in [1.807, 2.05) is 0 Å². The smallest absolute Gasteiger partial charge is 0.00860 e. The Morgan fingerprint density at radius 2 is 1.43 bits per heavy atom. The summed E-state index contributed by atoms with van der Waals surface area (Å²) in [6.45, 7) is 0. The highest BCUT2D eigenvalue weighted by Crippen LogP contribution is 2.24. The van der Waals surface area contributed by atoms with Crippen LogP contribution in [0.1, 0.15) is 31.2 Å². The molecule has 0 saturated carbocycles. The van der Waals surface area contributed by atoms with Gasteiger partial charge >= 0.3 is 0 Å². The van der Waals surface area contributed by atoms with Gasteiger partial charge in [0.05, 0.1) is 0 Å². The van der Waals surface area contributed by atoms with E-state index in [0.29, 0.717) is 0 Å². The number of fused-ring (bicyclic) bond motifs is 2. The van der Waals surface area contributed by atoms with Gasteiger partial charge in [0.2, 0.25) is 0 Å². The maximum absolute atomic E-state index is 5.28. The molecule has 0 atom stereocenters. The lowest BCUT2D eigenvalue weighted by Crippen LogP contribution is -1.86. The van der Waals surface area contributed by atoms with Gasteiger partial charge in [-0.2, -0.15) is 0 Å². The van der Waals surface area contributed by atoms with Gasteiger partial charge in [0.1, 0.15) is 0 Å². The van der Waals surface area contributed by atoms with E-state index < -0.39 is 0 Å². The van der Waals surface area contributed by atoms with E-state index in [9.17, 15) is 0 Å². The van der Waals surface area contributed by atoms with Gasteiger partial charge in [-0.1, -0.05) is 48.9 Å². The molecule has 0 aliphatic rings. The van der Waals surface area contributed by atoms with Crippen LogP contribution in [0, 0.1) is 12.3 Å². The van der Waals surface area contributed by atoms with Crippen LogP contribution in [-0.4, -0.2) is 0 Å². The summed E-state index contributed by atoms with van der Waals surface area (Å²) in [4.78, 5) is 0. The summed E-state index contributed by atoms with van der Waals surface area (Å²) in [5, 5.41) is 5.29. The molecule has 0 saturated heterocycles. The van der Waals surface area contributed by atoms with Crippen molar-refractivity contribution in [3.63, 3.8) is 0 Å². The molecule has 104 valence electrons. The zero-order chi connectivity index (χ0) is 14.5. The van der Waals surface area contributed by atoms with Crippen LogP contribution in [0.3, 0.4) is 0 Å². The fraction of sp³-hybridized carbons (Fsp3) is 0.238. The van der Waals surface area contributed by atoms with Crippen molar-refractivity contribution in [1.29, 1.82) is 0 Å². The zero-order valence-corrected chi connectivity index (χ0v) is 12.3. The van der Waals surface area contributed by atoms with E-state index >= 15 is 0 Å². The molecule has 0 aliphatic heterocycles. The number of aryl methyl sites for hydroxylation is 1. The van der Waals surface area contributed by atoms with Gasteiger partial charge < -0.3 is 0 Å². The van der Waals surface area contributed by atoms with Crippen LogP contribution in [0.5, 0.6) is 0 Å². The molecule has 0 heteroatoms. The number of hydrogen-bond acceptors (Lipinski definition) is 0. The fourth-order valence-electron chi connectivity index (χ4n) is 2.88. The molecule has 0 fully saturated rings. The monoisotopic (exact) mass is 272 g/mol. The Morgan fingerprint density at radius 3 is 2.19 bits per heavy atom. The number of benzene rings is 3. The third-order valence-electron chi connectivity index (χ3n) is 4.06. The van der Waals surface area contributed by atoms with Crippen LogP contribution in [0.2, 0.25) is 0 Å². The molecule has 0 amide bonds. The SMILES string of the molecule is C#CCCCCCc1ccc2cc3ccccc3cc2c1. The molecular weight excluding hydrogens is 252 g/mol. The van der Waals surface area contributed by atoms with Gasteiger partial charge in [0.15, 0.2) is 0 Å². The minimum atomic E-state index is 0.906. The van der Waals surface area contributed by atoms with Crippen LogP contribution in [0.25, 0.3) is 21.5 Å². The minimum absolute atomic E-state index is 0.906. The minimum Gasteiger partial charge on any atom is -0.120 e. The van der Waals surface area contributed by atoms with Gasteiger partial charge in [-0.25, -0.2) is 0 Å². The van der Waals surface area contributed by atoms with Crippen LogP contribution < -0.4 is 0 Å². The molecule has 3 aromatic carbocycles. The Bertz CT molecular complexity index is 790. The summed E-state index contributed by atoms with van der Waals surface area (Å²) in [5.74, 6) is 2.71. The second-order valence-corrected chi connectivity index (χ2v) is 5.65. The molecule has 21 heavy (non-hydrogen) atoms. The molecule has 0 nitrogen and oxygen atoms in total. The highest BCUT2D eigenvalue weighted by molar-refractivity contribution is 5.98. The molecule has 0 bridgehead atoms. The van der Waals surface area contributed by atoms with E-state index in [2.05, 4.69) is 60.5 Å². The van der Waals surface area contributed by atoms with Crippen LogP contribution in [0.15, 0.2) is 54.6 Å². The van der Waals surface area contributed by atoms with Gasteiger partial charge in [0.25, 0.3) is 0 Å². The molecule has 0 spiro atoms. The van der Waals surface area contributed by atoms with Gasteiger partial charge in [0, 0.05) is 6.42 Å². The van der Waals surface area contributed by atoms with Gasteiger partial charge in [-0.3, -0.25) is 0 Å². The summed E-state index contributed by atoms with van der Waals surface area (Å²) >= 11 is 0. The Kier molecular flexibility index (Phi) is 4.22. The normalized spacial score (nSPS) is 10.8. The van der Waals surface area contributed by atoms with Crippen LogP contribution >= 0.6 is 0 Å². The van der Waals surface area contributed by atoms with Gasteiger partial charge in [-0.15, -0.1) is 12.3 Å². The van der Waals surface area contributed by atoms with Crippen molar-refractivity contribution in [2.75, 3.05) is 0 Å². The Morgan fingerprint density at radius 1 is 0.714 bits per heavy atom. The predicted octanol–water partition coefficient (Wildman–Crippen LogP) is 5.73. The molecule has 0 heterocycles. The quantitative estimate of drug-likeness (QED) is 0.316. The topological polar surface area (TPSA) is 0 Å². The van der Waals surface area contributed by atoms with Crippen molar-refractivity contribution in [2.24, 2.45) is 0 Å². The second kappa shape index (κ2) is 6.46. The summed E-state index contributed by atoms with van der Waals surface area (Å²) < 4.78 is 0. The fourth-order valence-corrected chi connectivity index (χ4v) is 2.88. The third-order valence-corrected chi connectivity index (χ3v) is 4.06. The van der Waals surface area contributed by atoms with Crippen molar-refractivity contribution in [2.45, 2.75) is 32.1 Å². The lowest BCUT2D eigenvalue weighted by atomic mass is 9.99. The maximum atomic E-state index is 5.28. The Labute approximate surface area is 126 Å². The van der Waals surface area contributed by atoms with E-state index in [1.54, 1.807) is 0 Å². The third kappa shape index (κ3) is 3.26. The molecule has 3 aromatic rings. The molecule has 0 radical (unpaired) electrons. The molecular formula is C21H20. The maximum Gasteiger partial charge on any atom is 0.00860 e. The first kappa shape index (κ1) is 13.7. The van der Waals surface area contributed by atoms with Crippen LogP contribution in [0.4, 0.5) is 0 Å². The lowest BCUT2D eigenvalue weighted by Gasteiger charge is -2.06. The molecule has 0 unspecified atom stereocenters. The number of terminal acetylenes is 1. The van der Waals surface area contributed by atoms with Crippen molar-refractivity contribution in [3.8, 4) is 12.3 Å². The van der Waals surface area contributed by atoms with Gasteiger partial charge in [-0.05, 0) is 58.5 Å². The van der Waals surface area contributed by atoms with Crippen molar-refractivity contribution in [3.05, 3.63) is 60.2 Å². The first-order valence-corrected chi connectivity index (χ1v) is 7.72. The first-order chi connectivity index (χ1) is 10.4. The van der Waals surface area contributed by atoms with Crippen molar-refractivity contribution in [1.82, 2.24) is 0 Å². The average Bonchev–Trinajstić information content (AvgIpc) is 2.52. The molecule has 0 aliphatic carbocycles. The molecule has 0 aromatic heterocycles. The molecule has 3 rings (SSSR count). The van der Waals surface area contributed by atoms with E-state index in [-0.39, 0.29) is 0 Å². The summed E-state index contributed by atoms with van der Waals surface area (Å²) in [7, 11) is 0. The van der Waals surface area contributed by atoms with Crippen molar-refractivity contribution < 1.29 is 0 Å². The van der Waals surface area contributed by atoms with E-state index in [0.717, 1.165) is 19.3 Å². The first-order valence-electron chi connectivity index (χ1n) is 7.72. The summed E-state index contributed by atoms with van der Waals surface area (Å²) in [5.41, 5.74) is 1.43. The number of unbranched alkanes of at least 4 members (excludes halogenated alkanes) is 3. The largest absolute Gasteiger partial charge is 0.120 e. The average molecular weight is 272 g/mol. The Balaban J connectivity index is 1.79. The van der Waals surface area contributed by atoms with E-state index in [1.165, 1.54) is 39.9 Å². The number of rotatable bonds is 5. The standard InChI is InChI=1S/C21H20/c1-2-3-4-5-6-9-17-12-13-20-15-18-10-7-8-11-19(18)16-21(20)14-17/h1,7-8,10-16H,3-6,9H2. The summed E-state index contributed by atoms with van der Waals surface area (Å²) in [6.07, 6.45) is 10.9. The van der Waals surface area contributed by atoms with E-state index in [4.69, 9.17) is 6.42 Å². The van der Waals surface area contributed by atoms with Crippen molar-refractivity contribution >= 4 is 21.5 Å². The molecule has 0 N–H and O–H groups in total. The van der Waals surface area contributed by atoms with Crippen LogP contribution in [-0.2, 0) is 6.42 Å². The predicted molar refractivity (Wildman–Crippen MR) is 92.5 cm³/mol.